The Labute approximate surface area is 97.6 Å². The first-order chi connectivity index (χ1) is 8.22. The Bertz CT molecular complexity index is 503. The molecule has 0 aromatic carbocycles. The van der Waals surface area contributed by atoms with Crippen molar-refractivity contribution in [2.45, 2.75) is 20.0 Å². The molecule has 0 fully saturated rings. The van der Waals surface area contributed by atoms with Gasteiger partial charge in [-0.2, -0.15) is 5.10 Å². The van der Waals surface area contributed by atoms with Crippen LogP contribution in [-0.4, -0.2) is 20.8 Å². The summed E-state index contributed by atoms with van der Waals surface area (Å²) in [7, 11) is 0. The zero-order chi connectivity index (χ0) is 12.3. The van der Waals surface area contributed by atoms with Gasteiger partial charge in [0.25, 0.3) is 5.91 Å². The molecule has 90 valence electrons. The molecular formula is C10H13N5O2. The van der Waals surface area contributed by atoms with Crippen LogP contribution in [0, 0.1) is 0 Å². The van der Waals surface area contributed by atoms with Gasteiger partial charge in [0.15, 0.2) is 0 Å². The second kappa shape index (κ2) is 4.69. The van der Waals surface area contributed by atoms with Crippen molar-refractivity contribution in [3.8, 4) is 0 Å². The summed E-state index contributed by atoms with van der Waals surface area (Å²) in [6.45, 7) is 2.77. The van der Waals surface area contributed by atoms with E-state index in [1.165, 1.54) is 12.5 Å². The minimum Gasteiger partial charge on any atom is -0.396 e. The number of hydrogen-bond donors (Lipinski definition) is 2. The van der Waals surface area contributed by atoms with E-state index in [0.717, 1.165) is 0 Å². The number of carbonyl (C=O) groups is 1. The minimum atomic E-state index is -0.273. The Kier molecular flexibility index (Phi) is 3.08. The van der Waals surface area contributed by atoms with E-state index in [1.54, 1.807) is 10.7 Å². The molecule has 2 aromatic rings. The van der Waals surface area contributed by atoms with Crippen LogP contribution in [-0.2, 0) is 13.1 Å². The molecule has 0 aliphatic rings. The van der Waals surface area contributed by atoms with Gasteiger partial charge in [-0.1, -0.05) is 5.16 Å². The number of anilines is 1. The first-order valence-electron chi connectivity index (χ1n) is 5.21. The molecule has 0 saturated carbocycles. The molecular weight excluding hydrogens is 222 g/mol. The average Bonchev–Trinajstić information content (AvgIpc) is 2.94. The van der Waals surface area contributed by atoms with Gasteiger partial charge in [-0.15, -0.1) is 0 Å². The normalized spacial score (nSPS) is 10.4. The standard InChI is InChI=1S/C10H13N5O2/c1-2-15-9(8(11)6-13-15)10(16)12-5-7-3-4-17-14-7/h3-4,6H,2,5,11H2,1H3,(H,12,16). The monoisotopic (exact) mass is 235 g/mol. The number of rotatable bonds is 4. The molecule has 0 atom stereocenters. The summed E-state index contributed by atoms with van der Waals surface area (Å²) in [6.07, 6.45) is 2.92. The van der Waals surface area contributed by atoms with Gasteiger partial charge >= 0.3 is 0 Å². The molecule has 0 spiro atoms. The van der Waals surface area contributed by atoms with E-state index in [4.69, 9.17) is 5.73 Å². The van der Waals surface area contributed by atoms with Gasteiger partial charge in [-0.25, -0.2) is 0 Å². The van der Waals surface area contributed by atoms with Gasteiger partial charge in [-0.3, -0.25) is 9.48 Å². The molecule has 1 amide bonds. The summed E-state index contributed by atoms with van der Waals surface area (Å²) in [6, 6.07) is 1.68. The Balaban J connectivity index is 2.06. The van der Waals surface area contributed by atoms with Crippen LogP contribution >= 0.6 is 0 Å². The number of carbonyl (C=O) groups excluding carboxylic acids is 1. The van der Waals surface area contributed by atoms with Crippen molar-refractivity contribution in [2.24, 2.45) is 0 Å². The van der Waals surface area contributed by atoms with Crippen LogP contribution < -0.4 is 11.1 Å². The molecule has 7 heteroatoms. The smallest absolute Gasteiger partial charge is 0.272 e. The lowest BCUT2D eigenvalue weighted by Gasteiger charge is -2.06. The summed E-state index contributed by atoms with van der Waals surface area (Å²) in [5, 5.41) is 10.4. The van der Waals surface area contributed by atoms with Crippen molar-refractivity contribution >= 4 is 11.6 Å². The predicted molar refractivity (Wildman–Crippen MR) is 60.0 cm³/mol. The summed E-state index contributed by atoms with van der Waals surface area (Å²) in [5.41, 5.74) is 7.08. The van der Waals surface area contributed by atoms with E-state index in [1.807, 2.05) is 6.92 Å². The second-order valence-electron chi connectivity index (χ2n) is 3.44. The summed E-state index contributed by atoms with van der Waals surface area (Å²) < 4.78 is 6.21. The van der Waals surface area contributed by atoms with Crippen molar-refractivity contribution in [3.05, 3.63) is 29.9 Å². The topological polar surface area (TPSA) is 99.0 Å². The highest BCUT2D eigenvalue weighted by Gasteiger charge is 2.15. The molecule has 2 aromatic heterocycles. The number of aromatic nitrogens is 3. The molecule has 2 rings (SSSR count). The van der Waals surface area contributed by atoms with Crippen molar-refractivity contribution in [1.82, 2.24) is 20.3 Å². The average molecular weight is 235 g/mol. The number of aryl methyl sites for hydroxylation is 1. The Morgan fingerprint density at radius 1 is 1.65 bits per heavy atom. The molecule has 0 bridgehead atoms. The molecule has 0 saturated heterocycles. The lowest BCUT2D eigenvalue weighted by molar-refractivity contribution is 0.0940. The lowest BCUT2D eigenvalue weighted by Crippen LogP contribution is -2.26. The number of nitrogens with one attached hydrogen (secondary N) is 1. The van der Waals surface area contributed by atoms with Crippen molar-refractivity contribution in [2.75, 3.05) is 5.73 Å². The Hall–Kier alpha value is -2.31. The quantitative estimate of drug-likeness (QED) is 0.799. The third kappa shape index (κ3) is 2.27. The molecule has 0 radical (unpaired) electrons. The van der Waals surface area contributed by atoms with Crippen LogP contribution in [0.3, 0.4) is 0 Å². The molecule has 0 aliphatic heterocycles. The fourth-order valence-corrected chi connectivity index (χ4v) is 1.47. The van der Waals surface area contributed by atoms with Crippen LogP contribution in [0.4, 0.5) is 5.69 Å². The SMILES string of the molecule is CCn1ncc(N)c1C(=O)NCc1ccon1. The second-order valence-corrected chi connectivity index (χ2v) is 3.44. The largest absolute Gasteiger partial charge is 0.396 e. The lowest BCUT2D eigenvalue weighted by atomic mass is 10.3. The van der Waals surface area contributed by atoms with Crippen molar-refractivity contribution in [1.29, 1.82) is 0 Å². The van der Waals surface area contributed by atoms with E-state index < -0.39 is 0 Å². The minimum absolute atomic E-state index is 0.273. The van der Waals surface area contributed by atoms with Gasteiger partial charge in [-0.05, 0) is 6.92 Å². The summed E-state index contributed by atoms with van der Waals surface area (Å²) in [4.78, 5) is 11.9. The highest BCUT2D eigenvalue weighted by Crippen LogP contribution is 2.10. The molecule has 17 heavy (non-hydrogen) atoms. The predicted octanol–water partition coefficient (Wildman–Crippen LogP) is 0.403. The van der Waals surface area contributed by atoms with Crippen LogP contribution in [0.15, 0.2) is 23.0 Å². The number of amides is 1. The number of hydrogen-bond acceptors (Lipinski definition) is 5. The van der Waals surface area contributed by atoms with Crippen molar-refractivity contribution < 1.29 is 9.32 Å². The van der Waals surface area contributed by atoms with Gasteiger partial charge in [0.05, 0.1) is 18.4 Å². The maximum atomic E-state index is 11.9. The zero-order valence-electron chi connectivity index (χ0n) is 9.38. The number of nitrogens with two attached hydrogens (primary N) is 1. The molecule has 3 N–H and O–H groups in total. The summed E-state index contributed by atoms with van der Waals surface area (Å²) >= 11 is 0. The van der Waals surface area contributed by atoms with Gasteiger partial charge in [0.1, 0.15) is 17.7 Å². The van der Waals surface area contributed by atoms with E-state index in [0.29, 0.717) is 30.2 Å². The van der Waals surface area contributed by atoms with E-state index in [-0.39, 0.29) is 5.91 Å². The third-order valence-electron chi connectivity index (χ3n) is 2.30. The fourth-order valence-electron chi connectivity index (χ4n) is 1.47. The van der Waals surface area contributed by atoms with Crippen molar-refractivity contribution in [3.63, 3.8) is 0 Å². The Morgan fingerprint density at radius 3 is 3.12 bits per heavy atom. The summed E-state index contributed by atoms with van der Waals surface area (Å²) in [5.74, 6) is -0.273. The van der Waals surface area contributed by atoms with Crippen LogP contribution in [0.5, 0.6) is 0 Å². The molecule has 0 aliphatic carbocycles. The van der Waals surface area contributed by atoms with Gasteiger partial charge < -0.3 is 15.6 Å². The third-order valence-corrected chi connectivity index (χ3v) is 2.30. The van der Waals surface area contributed by atoms with E-state index in [9.17, 15) is 4.79 Å². The van der Waals surface area contributed by atoms with Crippen LogP contribution in [0.1, 0.15) is 23.1 Å². The number of nitrogens with zero attached hydrogens (tertiary/aromatic N) is 3. The van der Waals surface area contributed by atoms with Crippen LogP contribution in [0.25, 0.3) is 0 Å². The van der Waals surface area contributed by atoms with Crippen LogP contribution in [0.2, 0.25) is 0 Å². The van der Waals surface area contributed by atoms with E-state index >= 15 is 0 Å². The van der Waals surface area contributed by atoms with Gasteiger partial charge in [0.2, 0.25) is 0 Å². The van der Waals surface area contributed by atoms with E-state index in [2.05, 4.69) is 20.1 Å². The fraction of sp³-hybridized carbons (Fsp3) is 0.300. The molecule has 7 nitrogen and oxygen atoms in total. The maximum Gasteiger partial charge on any atom is 0.272 e. The highest BCUT2D eigenvalue weighted by atomic mass is 16.5. The molecule has 0 unspecified atom stereocenters. The number of nitrogen functional groups attached to an aromatic ring is 1. The zero-order valence-corrected chi connectivity index (χ0v) is 9.38. The Morgan fingerprint density at radius 2 is 2.47 bits per heavy atom. The maximum absolute atomic E-state index is 11.9. The molecule has 2 heterocycles. The first kappa shape index (κ1) is 11.2. The van der Waals surface area contributed by atoms with Gasteiger partial charge in [0, 0.05) is 12.6 Å². The highest BCUT2D eigenvalue weighted by molar-refractivity contribution is 5.97. The first-order valence-corrected chi connectivity index (χ1v) is 5.21.